The standard InChI is InChI=1S/C18H23N/c1-13(2)15-8-10-16(11-9-15)18(19)12-17-7-5-4-6-14(17)3/h4-11,13,18H,12,19H2,1-3H3. The second kappa shape index (κ2) is 6.03. The molecule has 0 radical (unpaired) electrons. The van der Waals surface area contributed by atoms with Gasteiger partial charge in [-0.05, 0) is 41.5 Å². The molecule has 0 aliphatic carbocycles. The highest BCUT2D eigenvalue weighted by Gasteiger charge is 2.09. The average Bonchev–Trinajstić information content (AvgIpc) is 2.41. The molecule has 2 rings (SSSR count). The highest BCUT2D eigenvalue weighted by atomic mass is 14.6. The normalized spacial score (nSPS) is 12.7. The molecule has 2 aromatic carbocycles. The van der Waals surface area contributed by atoms with Crippen LogP contribution in [-0.2, 0) is 6.42 Å². The zero-order valence-electron chi connectivity index (χ0n) is 12.1. The minimum atomic E-state index is 0.0716. The third-order valence-electron chi connectivity index (χ3n) is 3.73. The maximum absolute atomic E-state index is 6.32. The Morgan fingerprint density at radius 3 is 2.05 bits per heavy atom. The Bertz CT molecular complexity index is 526. The zero-order chi connectivity index (χ0) is 13.8. The van der Waals surface area contributed by atoms with Crippen LogP contribution in [0.15, 0.2) is 48.5 Å². The summed E-state index contributed by atoms with van der Waals surface area (Å²) in [4.78, 5) is 0. The molecule has 0 saturated heterocycles. The quantitative estimate of drug-likeness (QED) is 0.860. The predicted octanol–water partition coefficient (Wildman–Crippen LogP) is 4.36. The van der Waals surface area contributed by atoms with E-state index in [-0.39, 0.29) is 6.04 Å². The lowest BCUT2D eigenvalue weighted by molar-refractivity contribution is 0.717. The summed E-state index contributed by atoms with van der Waals surface area (Å²) in [5.74, 6) is 0.571. The molecular weight excluding hydrogens is 230 g/mol. The van der Waals surface area contributed by atoms with Gasteiger partial charge in [0.25, 0.3) is 0 Å². The third-order valence-corrected chi connectivity index (χ3v) is 3.73. The summed E-state index contributed by atoms with van der Waals surface area (Å²) >= 11 is 0. The lowest BCUT2D eigenvalue weighted by Gasteiger charge is -2.15. The fraction of sp³-hybridized carbons (Fsp3) is 0.333. The smallest absolute Gasteiger partial charge is 0.0335 e. The summed E-state index contributed by atoms with van der Waals surface area (Å²) in [6.45, 7) is 6.56. The fourth-order valence-corrected chi connectivity index (χ4v) is 2.32. The molecule has 0 bridgehead atoms. The second-order valence-corrected chi connectivity index (χ2v) is 5.56. The van der Waals surface area contributed by atoms with Crippen LogP contribution >= 0.6 is 0 Å². The number of hydrogen-bond acceptors (Lipinski definition) is 1. The average molecular weight is 253 g/mol. The van der Waals surface area contributed by atoms with Crippen molar-refractivity contribution in [2.24, 2.45) is 5.73 Å². The van der Waals surface area contributed by atoms with Crippen LogP contribution in [0, 0.1) is 6.92 Å². The van der Waals surface area contributed by atoms with Gasteiger partial charge in [0.05, 0.1) is 0 Å². The van der Waals surface area contributed by atoms with Crippen LogP contribution in [0.3, 0.4) is 0 Å². The van der Waals surface area contributed by atoms with Crippen LogP contribution in [-0.4, -0.2) is 0 Å². The molecule has 1 nitrogen and oxygen atoms in total. The van der Waals surface area contributed by atoms with Gasteiger partial charge in [0, 0.05) is 6.04 Å². The first kappa shape index (κ1) is 13.8. The summed E-state index contributed by atoms with van der Waals surface area (Å²) < 4.78 is 0. The summed E-state index contributed by atoms with van der Waals surface area (Å²) in [6.07, 6.45) is 0.897. The van der Waals surface area contributed by atoms with Crippen LogP contribution in [0.1, 0.15) is 48.1 Å². The molecule has 0 heterocycles. The largest absolute Gasteiger partial charge is 0.324 e. The van der Waals surface area contributed by atoms with Crippen LogP contribution in [0.4, 0.5) is 0 Å². The van der Waals surface area contributed by atoms with Crippen molar-refractivity contribution in [1.82, 2.24) is 0 Å². The molecule has 0 aliphatic rings. The molecule has 0 amide bonds. The van der Waals surface area contributed by atoms with Crippen LogP contribution in [0.2, 0.25) is 0 Å². The van der Waals surface area contributed by atoms with Gasteiger partial charge in [0.2, 0.25) is 0 Å². The van der Waals surface area contributed by atoms with Gasteiger partial charge in [-0.1, -0.05) is 62.4 Å². The van der Waals surface area contributed by atoms with Crippen molar-refractivity contribution in [1.29, 1.82) is 0 Å². The van der Waals surface area contributed by atoms with E-state index in [0.29, 0.717) is 5.92 Å². The maximum Gasteiger partial charge on any atom is 0.0335 e. The molecule has 0 aliphatic heterocycles. The first-order valence-electron chi connectivity index (χ1n) is 6.98. The zero-order valence-corrected chi connectivity index (χ0v) is 12.1. The van der Waals surface area contributed by atoms with Crippen molar-refractivity contribution >= 4 is 0 Å². The lowest BCUT2D eigenvalue weighted by Crippen LogP contribution is -2.14. The summed E-state index contributed by atoms with van der Waals surface area (Å²) in [5.41, 5.74) is 11.6. The lowest BCUT2D eigenvalue weighted by atomic mass is 9.94. The topological polar surface area (TPSA) is 26.0 Å². The molecule has 1 unspecified atom stereocenters. The summed E-state index contributed by atoms with van der Waals surface area (Å²) in [6, 6.07) is 17.2. The third kappa shape index (κ3) is 3.45. The van der Waals surface area contributed by atoms with Gasteiger partial charge in [-0.2, -0.15) is 0 Å². The van der Waals surface area contributed by atoms with E-state index in [2.05, 4.69) is 69.3 Å². The van der Waals surface area contributed by atoms with Crippen molar-refractivity contribution < 1.29 is 0 Å². The van der Waals surface area contributed by atoms with Gasteiger partial charge in [-0.3, -0.25) is 0 Å². The Morgan fingerprint density at radius 2 is 1.47 bits per heavy atom. The molecule has 1 atom stereocenters. The van der Waals surface area contributed by atoms with E-state index in [9.17, 15) is 0 Å². The Kier molecular flexibility index (Phi) is 4.39. The first-order chi connectivity index (χ1) is 9.08. The Labute approximate surface area is 116 Å². The number of benzene rings is 2. The van der Waals surface area contributed by atoms with Crippen LogP contribution < -0.4 is 5.73 Å². The summed E-state index contributed by atoms with van der Waals surface area (Å²) in [5, 5.41) is 0. The Morgan fingerprint density at radius 1 is 0.895 bits per heavy atom. The van der Waals surface area contributed by atoms with Crippen molar-refractivity contribution in [3.8, 4) is 0 Å². The SMILES string of the molecule is Cc1ccccc1CC(N)c1ccc(C(C)C)cc1. The van der Waals surface area contributed by atoms with E-state index in [1.165, 1.54) is 22.3 Å². The van der Waals surface area contributed by atoms with E-state index >= 15 is 0 Å². The predicted molar refractivity (Wildman–Crippen MR) is 82.3 cm³/mol. The minimum Gasteiger partial charge on any atom is -0.324 e. The van der Waals surface area contributed by atoms with Crippen molar-refractivity contribution in [3.63, 3.8) is 0 Å². The Balaban J connectivity index is 2.12. The molecule has 19 heavy (non-hydrogen) atoms. The monoisotopic (exact) mass is 253 g/mol. The molecule has 2 aromatic rings. The van der Waals surface area contributed by atoms with E-state index in [1.807, 2.05) is 0 Å². The van der Waals surface area contributed by atoms with Gasteiger partial charge < -0.3 is 5.73 Å². The molecule has 0 fully saturated rings. The van der Waals surface area contributed by atoms with Crippen molar-refractivity contribution in [3.05, 3.63) is 70.8 Å². The van der Waals surface area contributed by atoms with Gasteiger partial charge >= 0.3 is 0 Å². The summed E-state index contributed by atoms with van der Waals surface area (Å²) in [7, 11) is 0. The van der Waals surface area contributed by atoms with Gasteiger partial charge in [0.1, 0.15) is 0 Å². The maximum atomic E-state index is 6.32. The number of rotatable bonds is 4. The van der Waals surface area contributed by atoms with Gasteiger partial charge in [-0.15, -0.1) is 0 Å². The van der Waals surface area contributed by atoms with Crippen LogP contribution in [0.25, 0.3) is 0 Å². The molecule has 2 N–H and O–H groups in total. The fourth-order valence-electron chi connectivity index (χ4n) is 2.32. The van der Waals surface area contributed by atoms with Crippen molar-refractivity contribution in [2.75, 3.05) is 0 Å². The highest BCUT2D eigenvalue weighted by Crippen LogP contribution is 2.21. The highest BCUT2D eigenvalue weighted by molar-refractivity contribution is 5.31. The Hall–Kier alpha value is -1.60. The molecule has 1 heteroatoms. The molecule has 0 aromatic heterocycles. The molecular formula is C18H23N. The van der Waals surface area contributed by atoms with E-state index in [1.54, 1.807) is 0 Å². The number of nitrogens with two attached hydrogens (primary N) is 1. The second-order valence-electron chi connectivity index (χ2n) is 5.56. The first-order valence-corrected chi connectivity index (χ1v) is 6.98. The van der Waals surface area contributed by atoms with Gasteiger partial charge in [0.15, 0.2) is 0 Å². The van der Waals surface area contributed by atoms with E-state index < -0.39 is 0 Å². The van der Waals surface area contributed by atoms with Gasteiger partial charge in [-0.25, -0.2) is 0 Å². The molecule has 100 valence electrons. The number of aryl methyl sites for hydroxylation is 1. The number of hydrogen-bond donors (Lipinski definition) is 1. The molecule has 0 spiro atoms. The van der Waals surface area contributed by atoms with Crippen LogP contribution in [0.5, 0.6) is 0 Å². The minimum absolute atomic E-state index is 0.0716. The van der Waals surface area contributed by atoms with E-state index in [0.717, 1.165) is 6.42 Å². The van der Waals surface area contributed by atoms with E-state index in [4.69, 9.17) is 5.73 Å². The molecule has 0 saturated carbocycles. The van der Waals surface area contributed by atoms with Crippen molar-refractivity contribution in [2.45, 2.75) is 39.2 Å².